The molecule has 222 valence electrons. The number of aromatic nitrogens is 1. The fraction of sp³-hybridized carbons (Fsp3) is 0.774. The van der Waals surface area contributed by atoms with Crippen LogP contribution in [0.5, 0.6) is 0 Å². The zero-order valence-electron chi connectivity index (χ0n) is 24.3. The van der Waals surface area contributed by atoms with Crippen molar-refractivity contribution in [3.63, 3.8) is 0 Å². The highest BCUT2D eigenvalue weighted by Crippen LogP contribution is 2.21. The van der Waals surface area contributed by atoms with Crippen molar-refractivity contribution in [2.45, 2.75) is 135 Å². The number of rotatable bonds is 23. The average Bonchev–Trinajstić information content (AvgIpc) is 2.93. The van der Waals surface area contributed by atoms with Crippen molar-refractivity contribution in [2.24, 2.45) is 0 Å². The number of nitrogens with one attached hydrogen (secondary N) is 2. The van der Waals surface area contributed by atoms with E-state index >= 15 is 0 Å². The number of hydrogen-bond acceptors (Lipinski definition) is 6. The molecule has 0 aliphatic carbocycles. The maximum absolute atomic E-state index is 11.9. The molecule has 0 aromatic carbocycles. The molecule has 2 heterocycles. The first-order valence-corrected chi connectivity index (χ1v) is 15.5. The van der Waals surface area contributed by atoms with Gasteiger partial charge in [-0.05, 0) is 18.6 Å². The van der Waals surface area contributed by atoms with Crippen LogP contribution in [-0.2, 0) is 20.8 Å². The third kappa shape index (κ3) is 17.8. The standard InChI is InChI=1S/C31H53N3O5/c1-2-3-4-5-6-7-8-9-10-11-12-13-14-15-16-18-22-33-30(35)37-25-28-23-29(39-28)26-38-31(36)34-24-27-20-17-19-21-32-27/h17,19-21,28-29H,2-16,18,22-26H2,1H3,(H,33,35)(H,34,36)/t28-,29-/m1/s1. The van der Waals surface area contributed by atoms with E-state index in [1.807, 2.05) is 18.2 Å². The lowest BCUT2D eigenvalue weighted by molar-refractivity contribution is -0.158. The Hall–Kier alpha value is -2.35. The first-order chi connectivity index (χ1) is 19.2. The minimum atomic E-state index is -0.502. The van der Waals surface area contributed by atoms with Gasteiger partial charge in [-0.1, -0.05) is 109 Å². The van der Waals surface area contributed by atoms with Crippen molar-refractivity contribution in [3.8, 4) is 0 Å². The van der Waals surface area contributed by atoms with Gasteiger partial charge in [0.05, 0.1) is 24.4 Å². The molecule has 2 rings (SSSR count). The predicted octanol–water partition coefficient (Wildman–Crippen LogP) is 7.45. The van der Waals surface area contributed by atoms with Gasteiger partial charge in [0.15, 0.2) is 0 Å². The summed E-state index contributed by atoms with van der Waals surface area (Å²) in [6, 6.07) is 5.51. The third-order valence-electron chi connectivity index (χ3n) is 7.15. The molecule has 1 aromatic heterocycles. The fourth-order valence-electron chi connectivity index (χ4n) is 4.74. The molecular formula is C31H53N3O5. The summed E-state index contributed by atoms with van der Waals surface area (Å²) in [7, 11) is 0. The summed E-state index contributed by atoms with van der Waals surface area (Å²) in [6.07, 6.45) is 22.5. The van der Waals surface area contributed by atoms with Crippen molar-refractivity contribution in [2.75, 3.05) is 19.8 Å². The minimum absolute atomic E-state index is 0.142. The largest absolute Gasteiger partial charge is 0.447 e. The van der Waals surface area contributed by atoms with E-state index in [9.17, 15) is 9.59 Å². The number of pyridine rings is 1. The van der Waals surface area contributed by atoms with Gasteiger partial charge in [-0.25, -0.2) is 9.59 Å². The smallest absolute Gasteiger partial charge is 0.407 e. The van der Waals surface area contributed by atoms with Crippen LogP contribution in [0.15, 0.2) is 24.4 Å². The number of carbonyl (C=O) groups is 2. The topological polar surface area (TPSA) is 98.8 Å². The van der Waals surface area contributed by atoms with Gasteiger partial charge >= 0.3 is 12.2 Å². The van der Waals surface area contributed by atoms with Crippen LogP contribution in [0.1, 0.15) is 122 Å². The van der Waals surface area contributed by atoms with E-state index in [2.05, 4.69) is 22.5 Å². The monoisotopic (exact) mass is 547 g/mol. The zero-order chi connectivity index (χ0) is 27.8. The molecule has 0 bridgehead atoms. The van der Waals surface area contributed by atoms with Gasteiger partial charge in [0.25, 0.3) is 0 Å². The highest BCUT2D eigenvalue weighted by molar-refractivity contribution is 5.67. The Morgan fingerprint density at radius 3 is 1.74 bits per heavy atom. The quantitative estimate of drug-likeness (QED) is 0.138. The molecule has 1 fully saturated rings. The van der Waals surface area contributed by atoms with Crippen molar-refractivity contribution in [1.29, 1.82) is 0 Å². The Bertz CT molecular complexity index is 743. The summed E-state index contributed by atoms with van der Waals surface area (Å²) in [6.45, 7) is 3.63. The first kappa shape index (κ1) is 32.9. The van der Waals surface area contributed by atoms with Gasteiger partial charge in [-0.15, -0.1) is 0 Å². The number of alkyl carbamates (subject to hydrolysis) is 2. The molecule has 8 nitrogen and oxygen atoms in total. The predicted molar refractivity (Wildman–Crippen MR) is 155 cm³/mol. The molecule has 8 heteroatoms. The summed E-state index contributed by atoms with van der Waals surface area (Å²) < 4.78 is 16.0. The lowest BCUT2D eigenvalue weighted by Gasteiger charge is -2.34. The van der Waals surface area contributed by atoms with E-state index in [1.165, 1.54) is 89.9 Å². The molecule has 39 heavy (non-hydrogen) atoms. The van der Waals surface area contributed by atoms with Crippen LogP contribution < -0.4 is 10.6 Å². The van der Waals surface area contributed by atoms with E-state index in [0.29, 0.717) is 19.5 Å². The summed E-state index contributed by atoms with van der Waals surface area (Å²) in [5.41, 5.74) is 0.764. The highest BCUT2D eigenvalue weighted by atomic mass is 16.6. The number of amides is 2. The van der Waals surface area contributed by atoms with Crippen molar-refractivity contribution in [1.82, 2.24) is 15.6 Å². The second-order valence-electron chi connectivity index (χ2n) is 10.7. The van der Waals surface area contributed by atoms with Crippen molar-refractivity contribution < 1.29 is 23.8 Å². The third-order valence-corrected chi connectivity index (χ3v) is 7.15. The molecule has 0 radical (unpaired) electrons. The van der Waals surface area contributed by atoms with Crippen LogP contribution in [0.3, 0.4) is 0 Å². The second-order valence-corrected chi connectivity index (χ2v) is 10.7. The fourth-order valence-corrected chi connectivity index (χ4v) is 4.74. The van der Waals surface area contributed by atoms with Crippen molar-refractivity contribution in [3.05, 3.63) is 30.1 Å². The number of unbranched alkanes of at least 4 members (excludes halogenated alkanes) is 15. The molecule has 0 saturated carbocycles. The van der Waals surface area contributed by atoms with E-state index in [-0.39, 0.29) is 25.4 Å². The molecular weight excluding hydrogens is 494 g/mol. The molecule has 1 aliphatic heterocycles. The van der Waals surface area contributed by atoms with Gasteiger partial charge in [0, 0.05) is 19.2 Å². The van der Waals surface area contributed by atoms with E-state index in [1.54, 1.807) is 6.20 Å². The van der Waals surface area contributed by atoms with Crippen LogP contribution in [0.2, 0.25) is 0 Å². The van der Waals surface area contributed by atoms with Gasteiger partial charge in [0.1, 0.15) is 13.2 Å². The highest BCUT2D eigenvalue weighted by Gasteiger charge is 2.32. The van der Waals surface area contributed by atoms with Crippen LogP contribution in [0.25, 0.3) is 0 Å². The maximum atomic E-state index is 11.9. The minimum Gasteiger partial charge on any atom is -0.447 e. The van der Waals surface area contributed by atoms with Gasteiger partial charge in [-0.2, -0.15) is 0 Å². The number of ether oxygens (including phenoxy) is 3. The summed E-state index contributed by atoms with van der Waals surface area (Å²) in [5.74, 6) is 0. The molecule has 1 saturated heterocycles. The number of carbonyl (C=O) groups excluding carboxylic acids is 2. The van der Waals surface area contributed by atoms with Crippen molar-refractivity contribution >= 4 is 12.2 Å². The van der Waals surface area contributed by atoms with E-state index < -0.39 is 12.2 Å². The number of hydrogen-bond donors (Lipinski definition) is 2. The van der Waals surface area contributed by atoms with E-state index in [0.717, 1.165) is 18.5 Å². The maximum Gasteiger partial charge on any atom is 0.407 e. The summed E-state index contributed by atoms with van der Waals surface area (Å²) >= 11 is 0. The van der Waals surface area contributed by atoms with E-state index in [4.69, 9.17) is 14.2 Å². The SMILES string of the molecule is CCCCCCCCCCCCCCCCCCNC(=O)OC[C@H]1C[C@H](COC(=O)NCc2ccccn2)O1. The zero-order valence-corrected chi connectivity index (χ0v) is 24.3. The summed E-state index contributed by atoms with van der Waals surface area (Å²) in [5, 5.41) is 5.47. The van der Waals surface area contributed by atoms with Gasteiger partial charge in [0.2, 0.25) is 0 Å². The Balaban J connectivity index is 1.28. The molecule has 2 atom stereocenters. The molecule has 1 aliphatic rings. The lowest BCUT2D eigenvalue weighted by atomic mass is 10.0. The lowest BCUT2D eigenvalue weighted by Crippen LogP contribution is -2.45. The Labute approximate surface area is 236 Å². The first-order valence-electron chi connectivity index (χ1n) is 15.5. The Kier molecular flexibility index (Phi) is 18.9. The molecule has 2 amide bonds. The number of nitrogens with zero attached hydrogens (tertiary/aromatic N) is 1. The molecule has 0 spiro atoms. The average molecular weight is 548 g/mol. The molecule has 1 aromatic rings. The van der Waals surface area contributed by atoms with Crippen LogP contribution >= 0.6 is 0 Å². The normalized spacial score (nSPS) is 16.3. The van der Waals surface area contributed by atoms with Crippen LogP contribution in [0.4, 0.5) is 9.59 Å². The van der Waals surface area contributed by atoms with Crippen LogP contribution in [0, 0.1) is 0 Å². The second kappa shape index (κ2) is 22.5. The molecule has 0 unspecified atom stereocenters. The Morgan fingerprint density at radius 1 is 0.769 bits per heavy atom. The Morgan fingerprint density at radius 2 is 1.26 bits per heavy atom. The summed E-state index contributed by atoms with van der Waals surface area (Å²) in [4.78, 5) is 27.8. The molecule has 2 N–H and O–H groups in total. The van der Waals surface area contributed by atoms with Gasteiger partial charge < -0.3 is 24.8 Å². The van der Waals surface area contributed by atoms with Crippen LogP contribution in [-0.4, -0.2) is 49.1 Å². The van der Waals surface area contributed by atoms with Gasteiger partial charge in [-0.3, -0.25) is 4.98 Å².